The molecule has 0 atom stereocenters. The molecule has 3 N–H and O–H groups in total. The molecular formula is C21H23FN4O4S. The van der Waals surface area contributed by atoms with Gasteiger partial charge in [0.15, 0.2) is 5.69 Å². The number of nitrogens with zero attached hydrogens (tertiary/aromatic N) is 2. The molecule has 3 aromatic rings. The number of benzene rings is 1. The number of rotatable bonds is 9. The van der Waals surface area contributed by atoms with Crippen LogP contribution in [0.4, 0.5) is 15.9 Å². The standard InChI is InChI=1S/C21H23FN4O4S/c1-2-3-10-25-19(23)18(20(28)24-21(25)29)26(12-15-5-4-11-30-15)17(27)13-31-16-8-6-14(22)7-9-16/h4-9,11H,2-3,10,12-13,23H2,1H3,(H,24,28,29). The van der Waals surface area contributed by atoms with Gasteiger partial charge < -0.3 is 10.2 Å². The fraction of sp³-hybridized carbons (Fsp3) is 0.286. The lowest BCUT2D eigenvalue weighted by Crippen LogP contribution is -2.41. The summed E-state index contributed by atoms with van der Waals surface area (Å²) in [5, 5.41) is 0. The number of nitrogens with two attached hydrogens (primary N) is 1. The summed E-state index contributed by atoms with van der Waals surface area (Å²) < 4.78 is 19.7. The van der Waals surface area contributed by atoms with Crippen molar-refractivity contribution in [1.82, 2.24) is 9.55 Å². The van der Waals surface area contributed by atoms with Crippen molar-refractivity contribution in [1.29, 1.82) is 0 Å². The monoisotopic (exact) mass is 446 g/mol. The summed E-state index contributed by atoms with van der Waals surface area (Å²) in [6.07, 6.45) is 2.97. The van der Waals surface area contributed by atoms with E-state index in [4.69, 9.17) is 10.2 Å². The van der Waals surface area contributed by atoms with Crippen molar-refractivity contribution in [3.63, 3.8) is 0 Å². The number of anilines is 2. The third-order valence-corrected chi connectivity index (χ3v) is 5.59. The Morgan fingerprint density at radius 2 is 2.00 bits per heavy atom. The number of aromatic amines is 1. The largest absolute Gasteiger partial charge is 0.467 e. The number of amides is 1. The van der Waals surface area contributed by atoms with E-state index in [0.717, 1.165) is 6.42 Å². The first kappa shape index (κ1) is 22.4. The van der Waals surface area contributed by atoms with Gasteiger partial charge in [0, 0.05) is 11.4 Å². The van der Waals surface area contributed by atoms with E-state index in [0.29, 0.717) is 23.6 Å². The van der Waals surface area contributed by atoms with Crippen LogP contribution < -0.4 is 21.9 Å². The Kier molecular flexibility index (Phi) is 7.35. The van der Waals surface area contributed by atoms with Crippen LogP contribution in [0.1, 0.15) is 25.5 Å². The van der Waals surface area contributed by atoms with Crippen molar-refractivity contribution >= 4 is 29.2 Å². The molecule has 0 spiro atoms. The molecule has 0 saturated carbocycles. The van der Waals surface area contributed by atoms with Crippen molar-refractivity contribution < 1.29 is 13.6 Å². The molecule has 1 amide bonds. The van der Waals surface area contributed by atoms with Gasteiger partial charge in [-0.25, -0.2) is 9.18 Å². The number of nitrogens with one attached hydrogen (secondary N) is 1. The van der Waals surface area contributed by atoms with Crippen molar-refractivity contribution in [2.45, 2.75) is 37.8 Å². The molecule has 2 heterocycles. The molecule has 2 aromatic heterocycles. The first-order valence-electron chi connectivity index (χ1n) is 9.74. The molecular weight excluding hydrogens is 423 g/mol. The normalized spacial score (nSPS) is 10.9. The highest BCUT2D eigenvalue weighted by atomic mass is 32.2. The number of unbranched alkanes of at least 4 members (excludes halogenated alkanes) is 1. The Bertz CT molecular complexity index is 1140. The minimum atomic E-state index is -0.748. The zero-order valence-corrected chi connectivity index (χ0v) is 17.8. The number of thioether (sulfide) groups is 1. The van der Waals surface area contributed by atoms with E-state index >= 15 is 0 Å². The summed E-state index contributed by atoms with van der Waals surface area (Å²) in [5.41, 5.74) is 4.72. The van der Waals surface area contributed by atoms with Crippen LogP contribution in [0.3, 0.4) is 0 Å². The quantitative estimate of drug-likeness (QED) is 0.489. The van der Waals surface area contributed by atoms with Crippen molar-refractivity contribution in [2.24, 2.45) is 0 Å². The van der Waals surface area contributed by atoms with Gasteiger partial charge in [0.1, 0.15) is 17.4 Å². The minimum Gasteiger partial charge on any atom is -0.467 e. The molecule has 164 valence electrons. The van der Waals surface area contributed by atoms with E-state index in [9.17, 15) is 18.8 Å². The summed E-state index contributed by atoms with van der Waals surface area (Å²) in [6, 6.07) is 9.08. The molecule has 0 saturated heterocycles. The molecule has 0 radical (unpaired) electrons. The van der Waals surface area contributed by atoms with E-state index in [1.54, 1.807) is 24.3 Å². The van der Waals surface area contributed by atoms with Gasteiger partial charge in [-0.05, 0) is 42.8 Å². The highest BCUT2D eigenvalue weighted by Crippen LogP contribution is 2.24. The predicted octanol–water partition coefficient (Wildman–Crippen LogP) is 2.98. The van der Waals surface area contributed by atoms with E-state index in [2.05, 4.69) is 4.98 Å². The molecule has 0 unspecified atom stereocenters. The van der Waals surface area contributed by atoms with E-state index in [-0.39, 0.29) is 29.6 Å². The Balaban J connectivity index is 1.95. The molecule has 3 rings (SSSR count). The number of carbonyl (C=O) groups excluding carboxylic acids is 1. The first-order valence-corrected chi connectivity index (χ1v) is 10.7. The van der Waals surface area contributed by atoms with Crippen LogP contribution in [0.2, 0.25) is 0 Å². The molecule has 0 aliphatic heterocycles. The molecule has 0 bridgehead atoms. The van der Waals surface area contributed by atoms with Gasteiger partial charge in [-0.1, -0.05) is 13.3 Å². The van der Waals surface area contributed by atoms with Crippen LogP contribution in [-0.2, 0) is 17.9 Å². The van der Waals surface area contributed by atoms with E-state index in [1.807, 2.05) is 6.92 Å². The SMILES string of the molecule is CCCCn1c(N)c(N(Cc2ccco2)C(=O)CSc2ccc(F)cc2)c(=O)[nH]c1=O. The fourth-order valence-corrected chi connectivity index (χ4v) is 3.76. The van der Waals surface area contributed by atoms with Gasteiger partial charge in [-0.15, -0.1) is 11.8 Å². The fourth-order valence-electron chi connectivity index (χ4n) is 2.98. The lowest BCUT2D eigenvalue weighted by atomic mass is 10.3. The highest BCUT2D eigenvalue weighted by molar-refractivity contribution is 8.00. The Morgan fingerprint density at radius 3 is 2.65 bits per heavy atom. The van der Waals surface area contributed by atoms with Gasteiger partial charge in [-0.3, -0.25) is 24.0 Å². The van der Waals surface area contributed by atoms with Crippen molar-refractivity contribution in [3.8, 4) is 0 Å². The van der Waals surface area contributed by atoms with Gasteiger partial charge in [0.2, 0.25) is 5.91 Å². The van der Waals surface area contributed by atoms with Crippen LogP contribution >= 0.6 is 11.8 Å². The molecule has 0 aliphatic carbocycles. The maximum atomic E-state index is 13.1. The smallest absolute Gasteiger partial charge is 0.330 e. The van der Waals surface area contributed by atoms with Crippen LogP contribution in [0, 0.1) is 5.82 Å². The molecule has 8 nitrogen and oxygen atoms in total. The Labute approximate surface area is 181 Å². The number of furan rings is 1. The van der Waals surface area contributed by atoms with Crippen LogP contribution in [-0.4, -0.2) is 21.2 Å². The van der Waals surface area contributed by atoms with Crippen LogP contribution in [0.25, 0.3) is 0 Å². The first-order chi connectivity index (χ1) is 14.9. The van der Waals surface area contributed by atoms with E-state index < -0.39 is 17.2 Å². The zero-order chi connectivity index (χ0) is 22.4. The van der Waals surface area contributed by atoms with Crippen LogP contribution in [0.5, 0.6) is 0 Å². The topological polar surface area (TPSA) is 114 Å². The third-order valence-electron chi connectivity index (χ3n) is 4.59. The van der Waals surface area contributed by atoms with Gasteiger partial charge in [0.05, 0.1) is 18.6 Å². The molecule has 0 aliphatic rings. The van der Waals surface area contributed by atoms with Gasteiger partial charge >= 0.3 is 5.69 Å². The maximum Gasteiger partial charge on any atom is 0.330 e. The van der Waals surface area contributed by atoms with Crippen LogP contribution in [0.15, 0.2) is 61.6 Å². The van der Waals surface area contributed by atoms with Crippen molar-refractivity contribution in [2.75, 3.05) is 16.4 Å². The minimum absolute atomic E-state index is 0.0285. The second-order valence-corrected chi connectivity index (χ2v) is 7.85. The third kappa shape index (κ3) is 5.46. The summed E-state index contributed by atoms with van der Waals surface area (Å²) in [4.78, 5) is 42.2. The van der Waals surface area contributed by atoms with Gasteiger partial charge in [-0.2, -0.15) is 0 Å². The van der Waals surface area contributed by atoms with Crippen molar-refractivity contribution in [3.05, 3.63) is 75.1 Å². The average Bonchev–Trinajstić information content (AvgIpc) is 3.25. The second kappa shape index (κ2) is 10.2. The summed E-state index contributed by atoms with van der Waals surface area (Å²) >= 11 is 1.20. The van der Waals surface area contributed by atoms with E-state index in [1.165, 1.54) is 39.6 Å². The molecule has 1 aromatic carbocycles. The second-order valence-electron chi connectivity index (χ2n) is 6.80. The molecule has 10 heteroatoms. The van der Waals surface area contributed by atoms with Gasteiger partial charge in [0.25, 0.3) is 5.56 Å². The summed E-state index contributed by atoms with van der Waals surface area (Å²) in [6.45, 7) is 2.25. The predicted molar refractivity (Wildman–Crippen MR) is 118 cm³/mol. The zero-order valence-electron chi connectivity index (χ0n) is 17.0. The number of halogens is 1. The number of carbonyl (C=O) groups is 1. The molecule has 0 fully saturated rings. The highest BCUT2D eigenvalue weighted by Gasteiger charge is 2.25. The Morgan fingerprint density at radius 1 is 1.26 bits per heavy atom. The number of hydrogen-bond acceptors (Lipinski definition) is 6. The number of nitrogen functional groups attached to an aromatic ring is 1. The number of H-pyrrole nitrogens is 1. The summed E-state index contributed by atoms with van der Waals surface area (Å²) in [5.74, 6) is -0.439. The Hall–Kier alpha value is -3.27. The number of aromatic nitrogens is 2. The molecule has 31 heavy (non-hydrogen) atoms. The lowest BCUT2D eigenvalue weighted by molar-refractivity contribution is -0.116. The average molecular weight is 447 g/mol. The lowest BCUT2D eigenvalue weighted by Gasteiger charge is -2.23. The maximum absolute atomic E-state index is 13.1. The number of hydrogen-bond donors (Lipinski definition) is 2. The summed E-state index contributed by atoms with van der Waals surface area (Å²) in [7, 11) is 0.